The van der Waals surface area contributed by atoms with Gasteiger partial charge in [0.2, 0.25) is 0 Å². The molecule has 0 unspecified atom stereocenters. The molecule has 0 saturated heterocycles. The summed E-state index contributed by atoms with van der Waals surface area (Å²) in [6.07, 6.45) is 0. The van der Waals surface area contributed by atoms with E-state index in [2.05, 4.69) is 4.72 Å². The van der Waals surface area contributed by atoms with E-state index in [-0.39, 0.29) is 4.90 Å². The predicted molar refractivity (Wildman–Crippen MR) is 69.8 cm³/mol. The van der Waals surface area contributed by atoms with Gasteiger partial charge in [-0.2, -0.15) is 0 Å². The number of amides is 2. The minimum atomic E-state index is -3.78. The highest BCUT2D eigenvalue weighted by atomic mass is 32.2. The van der Waals surface area contributed by atoms with Crippen molar-refractivity contribution < 1.29 is 13.2 Å². The summed E-state index contributed by atoms with van der Waals surface area (Å²) >= 11 is 0. The average molecular weight is 270 g/mol. The van der Waals surface area contributed by atoms with Crippen LogP contribution in [-0.4, -0.2) is 32.4 Å². The standard InChI is InChI=1S/C12H18N2O3S/c1-4-14(5-2)12(15)13-18(16,17)11-8-6-10(3)7-9-11/h6-9H,4-5H2,1-3H3,(H,13,15). The van der Waals surface area contributed by atoms with Crippen LogP contribution in [0.2, 0.25) is 0 Å². The number of sulfonamides is 1. The molecule has 6 heteroatoms. The maximum Gasteiger partial charge on any atom is 0.331 e. The fourth-order valence-electron chi connectivity index (χ4n) is 1.47. The average Bonchev–Trinajstić information content (AvgIpc) is 2.30. The fraction of sp³-hybridized carbons (Fsp3) is 0.417. The van der Waals surface area contributed by atoms with E-state index in [4.69, 9.17) is 0 Å². The first-order valence-electron chi connectivity index (χ1n) is 5.79. The van der Waals surface area contributed by atoms with Crippen LogP contribution in [-0.2, 0) is 10.0 Å². The third-order valence-electron chi connectivity index (χ3n) is 2.60. The van der Waals surface area contributed by atoms with E-state index in [0.717, 1.165) is 5.56 Å². The number of aryl methyl sites for hydroxylation is 1. The summed E-state index contributed by atoms with van der Waals surface area (Å²) in [5.41, 5.74) is 0.962. The van der Waals surface area contributed by atoms with Gasteiger partial charge >= 0.3 is 6.03 Å². The lowest BCUT2D eigenvalue weighted by atomic mass is 10.2. The summed E-state index contributed by atoms with van der Waals surface area (Å²) in [4.78, 5) is 13.2. The van der Waals surface area contributed by atoms with E-state index in [0.29, 0.717) is 13.1 Å². The number of carbonyl (C=O) groups excluding carboxylic acids is 1. The first-order chi connectivity index (χ1) is 8.40. The third kappa shape index (κ3) is 3.46. The van der Waals surface area contributed by atoms with Gasteiger partial charge in [0, 0.05) is 13.1 Å². The predicted octanol–water partition coefficient (Wildman–Crippen LogP) is 1.74. The van der Waals surface area contributed by atoms with Crippen LogP contribution in [0.5, 0.6) is 0 Å². The van der Waals surface area contributed by atoms with Crippen molar-refractivity contribution in [1.29, 1.82) is 0 Å². The zero-order valence-corrected chi connectivity index (χ0v) is 11.6. The van der Waals surface area contributed by atoms with Crippen LogP contribution < -0.4 is 4.72 Å². The van der Waals surface area contributed by atoms with Crippen molar-refractivity contribution >= 4 is 16.1 Å². The Balaban J connectivity index is 2.89. The highest BCUT2D eigenvalue weighted by molar-refractivity contribution is 7.90. The zero-order valence-electron chi connectivity index (χ0n) is 10.8. The molecule has 18 heavy (non-hydrogen) atoms. The Bertz CT molecular complexity index is 505. The van der Waals surface area contributed by atoms with Gasteiger partial charge in [0.15, 0.2) is 0 Å². The van der Waals surface area contributed by atoms with E-state index in [9.17, 15) is 13.2 Å². The van der Waals surface area contributed by atoms with Crippen LogP contribution in [0.3, 0.4) is 0 Å². The maximum atomic E-state index is 11.9. The molecule has 1 N–H and O–H groups in total. The minimum absolute atomic E-state index is 0.0913. The quantitative estimate of drug-likeness (QED) is 0.906. The summed E-state index contributed by atoms with van der Waals surface area (Å²) in [5.74, 6) is 0. The van der Waals surface area contributed by atoms with Gasteiger partial charge in [-0.05, 0) is 32.9 Å². The number of nitrogens with zero attached hydrogens (tertiary/aromatic N) is 1. The van der Waals surface area contributed by atoms with Crippen molar-refractivity contribution in [3.05, 3.63) is 29.8 Å². The van der Waals surface area contributed by atoms with Crippen molar-refractivity contribution in [3.8, 4) is 0 Å². The van der Waals surface area contributed by atoms with Crippen molar-refractivity contribution in [2.24, 2.45) is 0 Å². The Morgan fingerprint density at radius 1 is 1.17 bits per heavy atom. The van der Waals surface area contributed by atoms with Crippen molar-refractivity contribution in [3.63, 3.8) is 0 Å². The lowest BCUT2D eigenvalue weighted by Gasteiger charge is -2.19. The van der Waals surface area contributed by atoms with Gasteiger partial charge in [-0.15, -0.1) is 0 Å². The summed E-state index contributed by atoms with van der Waals surface area (Å²) in [5, 5.41) is 0. The molecule has 5 nitrogen and oxygen atoms in total. The molecule has 2 amide bonds. The first kappa shape index (κ1) is 14.5. The van der Waals surface area contributed by atoms with E-state index in [1.165, 1.54) is 17.0 Å². The number of hydrogen-bond acceptors (Lipinski definition) is 3. The molecule has 0 aliphatic heterocycles. The summed E-state index contributed by atoms with van der Waals surface area (Å²) < 4.78 is 25.9. The number of carbonyl (C=O) groups is 1. The molecule has 1 aromatic rings. The summed E-state index contributed by atoms with van der Waals surface area (Å²) in [6, 6.07) is 5.74. The summed E-state index contributed by atoms with van der Waals surface area (Å²) in [6.45, 7) is 6.38. The number of nitrogens with one attached hydrogen (secondary N) is 1. The van der Waals surface area contributed by atoms with Crippen LogP contribution in [0.4, 0.5) is 4.79 Å². The van der Waals surface area contributed by atoms with Gasteiger partial charge in [0.1, 0.15) is 0 Å². The molecule has 0 fully saturated rings. The molecule has 0 atom stereocenters. The molecule has 0 aromatic heterocycles. The molecule has 0 aliphatic carbocycles. The second-order valence-corrected chi connectivity index (χ2v) is 5.58. The Morgan fingerprint density at radius 2 is 1.67 bits per heavy atom. The monoisotopic (exact) mass is 270 g/mol. The van der Waals surface area contributed by atoms with E-state index < -0.39 is 16.1 Å². The second kappa shape index (κ2) is 5.86. The Kier molecular flexibility index (Phi) is 4.72. The molecule has 0 radical (unpaired) electrons. The number of hydrogen-bond donors (Lipinski definition) is 1. The molecule has 100 valence electrons. The fourth-order valence-corrected chi connectivity index (χ4v) is 2.44. The van der Waals surface area contributed by atoms with E-state index in [1.807, 2.05) is 6.92 Å². The molecular weight excluding hydrogens is 252 g/mol. The highest BCUT2D eigenvalue weighted by Crippen LogP contribution is 2.10. The third-order valence-corrected chi connectivity index (χ3v) is 3.94. The number of rotatable bonds is 4. The molecular formula is C12H18N2O3S. The van der Waals surface area contributed by atoms with Crippen LogP contribution in [0.1, 0.15) is 19.4 Å². The smallest absolute Gasteiger partial charge is 0.325 e. The van der Waals surface area contributed by atoms with Crippen molar-refractivity contribution in [2.75, 3.05) is 13.1 Å². The van der Waals surface area contributed by atoms with Crippen LogP contribution in [0.15, 0.2) is 29.2 Å². The van der Waals surface area contributed by atoms with Crippen LogP contribution >= 0.6 is 0 Å². The van der Waals surface area contributed by atoms with Gasteiger partial charge in [-0.3, -0.25) is 0 Å². The lowest BCUT2D eigenvalue weighted by Crippen LogP contribution is -2.42. The molecule has 0 aliphatic rings. The van der Waals surface area contributed by atoms with E-state index >= 15 is 0 Å². The largest absolute Gasteiger partial charge is 0.331 e. The van der Waals surface area contributed by atoms with Crippen molar-refractivity contribution in [1.82, 2.24) is 9.62 Å². The van der Waals surface area contributed by atoms with Crippen molar-refractivity contribution in [2.45, 2.75) is 25.7 Å². The van der Waals surface area contributed by atoms with Gasteiger partial charge in [-0.25, -0.2) is 17.9 Å². The summed E-state index contributed by atoms with van der Waals surface area (Å²) in [7, 11) is -3.78. The Labute approximate surface area is 108 Å². The zero-order chi connectivity index (χ0) is 13.8. The topological polar surface area (TPSA) is 66.5 Å². The lowest BCUT2D eigenvalue weighted by molar-refractivity contribution is 0.209. The van der Waals surface area contributed by atoms with Gasteiger partial charge in [0.05, 0.1) is 4.90 Å². The van der Waals surface area contributed by atoms with Gasteiger partial charge in [-0.1, -0.05) is 17.7 Å². The first-order valence-corrected chi connectivity index (χ1v) is 7.27. The molecule has 0 saturated carbocycles. The molecule has 0 heterocycles. The molecule has 0 bridgehead atoms. The van der Waals surface area contributed by atoms with Crippen LogP contribution in [0, 0.1) is 6.92 Å². The maximum absolute atomic E-state index is 11.9. The van der Waals surface area contributed by atoms with E-state index in [1.54, 1.807) is 26.0 Å². The highest BCUT2D eigenvalue weighted by Gasteiger charge is 2.19. The normalized spacial score (nSPS) is 11.1. The SMILES string of the molecule is CCN(CC)C(=O)NS(=O)(=O)c1ccc(C)cc1. The molecule has 1 rings (SSSR count). The Morgan fingerprint density at radius 3 is 2.11 bits per heavy atom. The second-order valence-electron chi connectivity index (χ2n) is 3.90. The minimum Gasteiger partial charge on any atom is -0.325 e. The van der Waals surface area contributed by atoms with Crippen LogP contribution in [0.25, 0.3) is 0 Å². The van der Waals surface area contributed by atoms with Gasteiger partial charge < -0.3 is 4.90 Å². The molecule has 0 spiro atoms. The number of benzene rings is 1. The van der Waals surface area contributed by atoms with Gasteiger partial charge in [0.25, 0.3) is 10.0 Å². The molecule has 1 aromatic carbocycles. The Hall–Kier alpha value is -1.56. The number of urea groups is 1.